The smallest absolute Gasteiger partial charge is 0.387 e. The third kappa shape index (κ3) is 4.67. The molecule has 0 aliphatic carbocycles. The SMILES string of the molecule is CCC[C@H](N)C(=O)Nc1ccc(OC(F)F)cc1. The number of anilines is 1. The molecule has 0 aliphatic rings. The lowest BCUT2D eigenvalue weighted by molar-refractivity contribution is -0.117. The molecular formula is C12H16F2N2O2. The second-order valence-corrected chi connectivity index (χ2v) is 3.79. The van der Waals surface area contributed by atoms with Crippen LogP contribution in [0.25, 0.3) is 0 Å². The maximum absolute atomic E-state index is 11.9. The maximum Gasteiger partial charge on any atom is 0.387 e. The van der Waals surface area contributed by atoms with Gasteiger partial charge in [0.05, 0.1) is 6.04 Å². The summed E-state index contributed by atoms with van der Waals surface area (Å²) >= 11 is 0. The summed E-state index contributed by atoms with van der Waals surface area (Å²) in [5.41, 5.74) is 6.13. The first-order valence-electron chi connectivity index (χ1n) is 5.64. The molecule has 6 heteroatoms. The van der Waals surface area contributed by atoms with Crippen molar-refractivity contribution >= 4 is 11.6 Å². The molecule has 0 aromatic heterocycles. The molecule has 0 unspecified atom stereocenters. The Labute approximate surface area is 104 Å². The summed E-state index contributed by atoms with van der Waals surface area (Å²) in [4.78, 5) is 11.6. The average molecular weight is 258 g/mol. The lowest BCUT2D eigenvalue weighted by Gasteiger charge is -2.11. The van der Waals surface area contributed by atoms with Crippen LogP contribution in [0.4, 0.5) is 14.5 Å². The molecule has 0 fully saturated rings. The minimum Gasteiger partial charge on any atom is -0.435 e. The van der Waals surface area contributed by atoms with Gasteiger partial charge in [-0.05, 0) is 30.7 Å². The lowest BCUT2D eigenvalue weighted by Crippen LogP contribution is -2.35. The van der Waals surface area contributed by atoms with E-state index in [9.17, 15) is 13.6 Å². The van der Waals surface area contributed by atoms with Crippen LogP contribution in [-0.4, -0.2) is 18.6 Å². The van der Waals surface area contributed by atoms with Crippen molar-refractivity contribution < 1.29 is 18.3 Å². The molecule has 18 heavy (non-hydrogen) atoms. The van der Waals surface area contributed by atoms with Crippen LogP contribution in [0.3, 0.4) is 0 Å². The van der Waals surface area contributed by atoms with Crippen LogP contribution < -0.4 is 15.8 Å². The average Bonchev–Trinajstić information content (AvgIpc) is 2.31. The number of carbonyl (C=O) groups is 1. The van der Waals surface area contributed by atoms with Gasteiger partial charge in [-0.2, -0.15) is 8.78 Å². The van der Waals surface area contributed by atoms with Gasteiger partial charge < -0.3 is 15.8 Å². The fourth-order valence-corrected chi connectivity index (χ4v) is 1.40. The van der Waals surface area contributed by atoms with E-state index in [1.54, 1.807) is 0 Å². The van der Waals surface area contributed by atoms with Crippen molar-refractivity contribution in [2.24, 2.45) is 5.73 Å². The van der Waals surface area contributed by atoms with Crippen LogP contribution in [0, 0.1) is 0 Å². The quantitative estimate of drug-likeness (QED) is 0.823. The molecule has 0 heterocycles. The third-order valence-electron chi connectivity index (χ3n) is 2.28. The Hall–Kier alpha value is -1.69. The second kappa shape index (κ2) is 6.90. The molecule has 100 valence electrons. The van der Waals surface area contributed by atoms with Crippen LogP contribution in [0.5, 0.6) is 5.75 Å². The summed E-state index contributed by atoms with van der Waals surface area (Å²) < 4.78 is 28.0. The van der Waals surface area contributed by atoms with Gasteiger partial charge in [-0.1, -0.05) is 13.3 Å². The molecule has 1 aromatic carbocycles. The van der Waals surface area contributed by atoms with Crippen molar-refractivity contribution in [2.45, 2.75) is 32.4 Å². The Bertz CT molecular complexity index is 382. The van der Waals surface area contributed by atoms with Gasteiger partial charge in [-0.25, -0.2) is 0 Å². The first kappa shape index (κ1) is 14.4. The van der Waals surface area contributed by atoms with Gasteiger partial charge in [0, 0.05) is 5.69 Å². The molecule has 0 saturated carbocycles. The molecule has 4 nitrogen and oxygen atoms in total. The molecule has 0 saturated heterocycles. The van der Waals surface area contributed by atoms with Crippen molar-refractivity contribution in [2.75, 3.05) is 5.32 Å². The van der Waals surface area contributed by atoms with Crippen LogP contribution in [-0.2, 0) is 4.79 Å². The molecule has 0 spiro atoms. The van der Waals surface area contributed by atoms with E-state index in [0.29, 0.717) is 12.1 Å². The zero-order chi connectivity index (χ0) is 13.5. The number of ether oxygens (including phenoxy) is 1. The van der Waals surface area contributed by atoms with E-state index in [0.717, 1.165) is 6.42 Å². The largest absolute Gasteiger partial charge is 0.435 e. The topological polar surface area (TPSA) is 64.4 Å². The highest BCUT2D eigenvalue weighted by Crippen LogP contribution is 2.17. The molecule has 3 N–H and O–H groups in total. The van der Waals surface area contributed by atoms with Crippen molar-refractivity contribution in [3.8, 4) is 5.75 Å². The van der Waals surface area contributed by atoms with E-state index in [-0.39, 0.29) is 11.7 Å². The minimum absolute atomic E-state index is 0.0425. The first-order valence-corrected chi connectivity index (χ1v) is 5.64. The fraction of sp³-hybridized carbons (Fsp3) is 0.417. The van der Waals surface area contributed by atoms with Crippen LogP contribution in [0.2, 0.25) is 0 Å². The number of halogens is 2. The number of amides is 1. The summed E-state index contributed by atoms with van der Waals surface area (Å²) in [6.07, 6.45) is 1.41. The molecule has 1 aromatic rings. The normalized spacial score (nSPS) is 12.3. The van der Waals surface area contributed by atoms with Gasteiger partial charge in [-0.15, -0.1) is 0 Å². The molecule has 1 amide bonds. The first-order chi connectivity index (χ1) is 8.52. The highest BCUT2D eigenvalue weighted by Gasteiger charge is 2.12. The van der Waals surface area contributed by atoms with Crippen molar-refractivity contribution in [1.82, 2.24) is 0 Å². The number of benzene rings is 1. The summed E-state index contributed by atoms with van der Waals surface area (Å²) in [7, 11) is 0. The minimum atomic E-state index is -2.86. The van der Waals surface area contributed by atoms with Gasteiger partial charge in [0.25, 0.3) is 0 Å². The Morgan fingerprint density at radius 1 is 1.39 bits per heavy atom. The molecule has 0 bridgehead atoms. The highest BCUT2D eigenvalue weighted by molar-refractivity contribution is 5.94. The number of carbonyl (C=O) groups excluding carboxylic acids is 1. The maximum atomic E-state index is 11.9. The van der Waals surface area contributed by atoms with Gasteiger partial charge >= 0.3 is 6.61 Å². The predicted octanol–water partition coefficient (Wildman–Crippen LogP) is 2.35. The number of hydrogen-bond donors (Lipinski definition) is 2. The van der Waals surface area contributed by atoms with Gasteiger partial charge in [-0.3, -0.25) is 4.79 Å². The Balaban J connectivity index is 2.55. The fourth-order valence-electron chi connectivity index (χ4n) is 1.40. The highest BCUT2D eigenvalue weighted by atomic mass is 19.3. The summed E-state index contributed by atoms with van der Waals surface area (Å²) in [6.45, 7) is -0.924. The van der Waals surface area contributed by atoms with Crippen LogP contribution in [0.1, 0.15) is 19.8 Å². The van der Waals surface area contributed by atoms with Crippen LogP contribution >= 0.6 is 0 Å². The van der Waals surface area contributed by atoms with Gasteiger partial charge in [0.2, 0.25) is 5.91 Å². The van der Waals surface area contributed by atoms with Crippen molar-refractivity contribution in [3.05, 3.63) is 24.3 Å². The van der Waals surface area contributed by atoms with E-state index < -0.39 is 12.7 Å². The van der Waals surface area contributed by atoms with E-state index in [2.05, 4.69) is 10.1 Å². The number of alkyl halides is 2. The van der Waals surface area contributed by atoms with E-state index in [1.807, 2.05) is 6.92 Å². The second-order valence-electron chi connectivity index (χ2n) is 3.79. The third-order valence-corrected chi connectivity index (χ3v) is 2.28. The zero-order valence-corrected chi connectivity index (χ0v) is 10.0. The summed E-state index contributed by atoms with van der Waals surface area (Å²) in [5.74, 6) is -0.250. The monoisotopic (exact) mass is 258 g/mol. The number of hydrogen-bond acceptors (Lipinski definition) is 3. The predicted molar refractivity (Wildman–Crippen MR) is 64.6 cm³/mol. The molecule has 0 aliphatic heterocycles. The molecule has 0 radical (unpaired) electrons. The zero-order valence-electron chi connectivity index (χ0n) is 10.0. The molecular weight excluding hydrogens is 242 g/mol. The summed E-state index contributed by atoms with van der Waals surface area (Å²) in [6, 6.07) is 5.11. The number of nitrogens with one attached hydrogen (secondary N) is 1. The van der Waals surface area contributed by atoms with E-state index >= 15 is 0 Å². The number of rotatable bonds is 6. The standard InChI is InChI=1S/C12H16F2N2O2/c1-2-3-10(15)11(17)16-8-4-6-9(7-5-8)18-12(13)14/h4-7,10,12H,2-3,15H2,1H3,(H,16,17)/t10-/m0/s1. The van der Waals surface area contributed by atoms with E-state index in [1.165, 1.54) is 24.3 Å². The summed E-state index contributed by atoms with van der Waals surface area (Å²) in [5, 5.41) is 2.60. The van der Waals surface area contributed by atoms with Crippen LogP contribution in [0.15, 0.2) is 24.3 Å². The Kier molecular flexibility index (Phi) is 5.51. The van der Waals surface area contributed by atoms with Crippen molar-refractivity contribution in [1.29, 1.82) is 0 Å². The Morgan fingerprint density at radius 2 is 2.00 bits per heavy atom. The number of nitrogens with two attached hydrogens (primary N) is 1. The molecule has 1 rings (SSSR count). The van der Waals surface area contributed by atoms with E-state index in [4.69, 9.17) is 5.73 Å². The van der Waals surface area contributed by atoms with Crippen molar-refractivity contribution in [3.63, 3.8) is 0 Å². The van der Waals surface area contributed by atoms with Gasteiger partial charge in [0.1, 0.15) is 5.75 Å². The van der Waals surface area contributed by atoms with Gasteiger partial charge in [0.15, 0.2) is 0 Å². The lowest BCUT2D eigenvalue weighted by atomic mass is 10.1. The Morgan fingerprint density at radius 3 is 2.50 bits per heavy atom. The molecule has 1 atom stereocenters.